The Morgan fingerprint density at radius 2 is 1.86 bits per heavy atom. The third-order valence-corrected chi connectivity index (χ3v) is 5.71. The topological polar surface area (TPSA) is 82.3 Å². The molecule has 4 N–H and O–H groups in total. The number of rotatable bonds is 4. The molecule has 1 heterocycles. The molecule has 1 aliphatic heterocycles. The van der Waals surface area contributed by atoms with E-state index >= 15 is 0 Å². The van der Waals surface area contributed by atoms with Gasteiger partial charge in [0.15, 0.2) is 5.11 Å². The second kappa shape index (κ2) is 9.07. The Hall–Kier alpha value is -2.58. The molecule has 2 amide bonds. The lowest BCUT2D eigenvalue weighted by molar-refractivity contribution is -0.124. The van der Waals surface area contributed by atoms with Gasteiger partial charge < -0.3 is 10.6 Å². The van der Waals surface area contributed by atoms with Gasteiger partial charge in [-0.15, -0.1) is 11.8 Å². The number of hydrogen-bond acceptors (Lipinski definition) is 4. The number of amides is 2. The van der Waals surface area contributed by atoms with E-state index in [1.54, 1.807) is 0 Å². The van der Waals surface area contributed by atoms with E-state index in [9.17, 15) is 9.59 Å². The number of para-hydroxylation sites is 1. The first-order chi connectivity index (χ1) is 13.4. The summed E-state index contributed by atoms with van der Waals surface area (Å²) in [6.45, 7) is 4.27. The first-order valence-corrected chi connectivity index (χ1v) is 10.2. The number of hydrogen-bond donors (Lipinski definition) is 4. The van der Waals surface area contributed by atoms with Gasteiger partial charge in [-0.1, -0.05) is 38.1 Å². The number of thiocarbonyl (C=S) groups is 1. The fraction of sp³-hybridized carbons (Fsp3) is 0.250. The molecule has 0 saturated carbocycles. The molecule has 0 fully saturated rings. The average molecular weight is 415 g/mol. The number of thioether (sulfide) groups is 1. The normalized spacial score (nSPS) is 15.4. The minimum Gasteiger partial charge on any atom is -0.331 e. The maximum absolute atomic E-state index is 12.2. The lowest BCUT2D eigenvalue weighted by Crippen LogP contribution is -2.45. The van der Waals surface area contributed by atoms with Crippen LogP contribution in [0.15, 0.2) is 53.4 Å². The molecular formula is C20H22N4O2S2. The molecule has 2 aromatic carbocycles. The van der Waals surface area contributed by atoms with Crippen molar-refractivity contribution in [1.29, 1.82) is 0 Å². The quantitative estimate of drug-likeness (QED) is 0.452. The van der Waals surface area contributed by atoms with Gasteiger partial charge in [0.2, 0.25) is 11.8 Å². The Morgan fingerprint density at radius 1 is 1.14 bits per heavy atom. The highest BCUT2D eigenvalue weighted by Gasteiger charge is 2.28. The monoisotopic (exact) mass is 414 g/mol. The molecule has 28 heavy (non-hydrogen) atoms. The van der Waals surface area contributed by atoms with E-state index in [4.69, 9.17) is 12.2 Å². The molecular weight excluding hydrogens is 392 g/mol. The molecule has 146 valence electrons. The molecule has 1 aliphatic rings. The van der Waals surface area contributed by atoms with Crippen molar-refractivity contribution < 1.29 is 9.59 Å². The van der Waals surface area contributed by atoms with Crippen LogP contribution in [0.1, 0.15) is 31.7 Å². The lowest BCUT2D eigenvalue weighted by Gasteiger charge is -2.23. The van der Waals surface area contributed by atoms with E-state index in [0.29, 0.717) is 5.92 Å². The Kier molecular flexibility index (Phi) is 6.53. The van der Waals surface area contributed by atoms with Gasteiger partial charge in [0.05, 0.1) is 10.9 Å². The van der Waals surface area contributed by atoms with Crippen molar-refractivity contribution in [2.75, 3.05) is 10.6 Å². The number of fused-ring (bicyclic) bond motifs is 1. The van der Waals surface area contributed by atoms with Crippen LogP contribution in [0.25, 0.3) is 0 Å². The van der Waals surface area contributed by atoms with Crippen molar-refractivity contribution >= 4 is 52.3 Å². The minimum absolute atomic E-state index is 0.0452. The average Bonchev–Trinajstić information content (AvgIpc) is 2.67. The Morgan fingerprint density at radius 3 is 2.57 bits per heavy atom. The fourth-order valence-electron chi connectivity index (χ4n) is 2.69. The third-order valence-electron chi connectivity index (χ3n) is 4.23. The first kappa shape index (κ1) is 20.2. The zero-order valence-corrected chi connectivity index (χ0v) is 17.2. The number of nitrogens with one attached hydrogen (secondary N) is 4. The number of benzene rings is 2. The van der Waals surface area contributed by atoms with Gasteiger partial charge in [0.25, 0.3) is 0 Å². The molecule has 8 heteroatoms. The zero-order chi connectivity index (χ0) is 20.1. The predicted octanol–water partition coefficient (Wildman–Crippen LogP) is 3.63. The van der Waals surface area contributed by atoms with Crippen LogP contribution in [0, 0.1) is 0 Å². The van der Waals surface area contributed by atoms with E-state index in [0.717, 1.165) is 16.3 Å². The molecule has 1 atom stereocenters. The van der Waals surface area contributed by atoms with Crippen LogP contribution < -0.4 is 21.5 Å². The summed E-state index contributed by atoms with van der Waals surface area (Å²) in [5.74, 6) is -0.0311. The van der Waals surface area contributed by atoms with Gasteiger partial charge in [-0.25, -0.2) is 0 Å². The Bertz CT molecular complexity index is 884. The standard InChI is InChI=1S/C20H22N4O2S2/c1-12(2)13-7-9-14(10-8-13)21-20(27)24-23-18(25)11-17-19(26)22-15-5-3-4-6-16(15)28-17/h3-10,12,17H,11H2,1-2H3,(H,22,26)(H,23,25)(H2,21,24,27)/t17-/m1/s1. The Labute approximate surface area is 173 Å². The van der Waals surface area contributed by atoms with Crippen LogP contribution in [0.3, 0.4) is 0 Å². The zero-order valence-electron chi connectivity index (χ0n) is 15.6. The van der Waals surface area contributed by atoms with E-state index in [1.165, 1.54) is 17.3 Å². The molecule has 3 rings (SSSR count). The number of carbonyl (C=O) groups excluding carboxylic acids is 2. The third kappa shape index (κ3) is 5.24. The van der Waals surface area contributed by atoms with Crippen molar-refractivity contribution in [3.8, 4) is 0 Å². The summed E-state index contributed by atoms with van der Waals surface area (Å²) in [4.78, 5) is 25.3. The molecule has 0 aromatic heterocycles. The molecule has 6 nitrogen and oxygen atoms in total. The Balaban J connectivity index is 1.46. The van der Waals surface area contributed by atoms with Gasteiger partial charge in [0.1, 0.15) is 0 Å². The van der Waals surface area contributed by atoms with Gasteiger partial charge in [-0.2, -0.15) is 0 Å². The molecule has 0 spiro atoms. The number of anilines is 2. The molecule has 0 unspecified atom stereocenters. The summed E-state index contributed by atoms with van der Waals surface area (Å²) in [7, 11) is 0. The molecule has 0 saturated heterocycles. The van der Waals surface area contributed by atoms with Gasteiger partial charge in [-0.05, 0) is 48.0 Å². The van der Waals surface area contributed by atoms with Crippen LogP contribution in [0.2, 0.25) is 0 Å². The largest absolute Gasteiger partial charge is 0.331 e. The SMILES string of the molecule is CC(C)c1ccc(NC(=S)NNC(=O)C[C@H]2Sc3ccccc3NC2=O)cc1. The van der Waals surface area contributed by atoms with Gasteiger partial charge in [-0.3, -0.25) is 20.4 Å². The maximum atomic E-state index is 12.2. The summed E-state index contributed by atoms with van der Waals surface area (Å²) in [6, 6.07) is 15.5. The molecule has 2 aromatic rings. The summed E-state index contributed by atoms with van der Waals surface area (Å²) < 4.78 is 0. The first-order valence-electron chi connectivity index (χ1n) is 8.94. The highest BCUT2D eigenvalue weighted by atomic mass is 32.2. The summed E-state index contributed by atoms with van der Waals surface area (Å²) in [5.41, 5.74) is 8.06. The van der Waals surface area contributed by atoms with Gasteiger partial charge >= 0.3 is 0 Å². The highest BCUT2D eigenvalue weighted by molar-refractivity contribution is 8.01. The lowest BCUT2D eigenvalue weighted by atomic mass is 10.0. The van der Waals surface area contributed by atoms with Crippen LogP contribution in [-0.4, -0.2) is 22.2 Å². The smallest absolute Gasteiger partial charge is 0.240 e. The van der Waals surface area contributed by atoms with Crippen molar-refractivity contribution in [2.24, 2.45) is 0 Å². The number of carbonyl (C=O) groups is 2. The second-order valence-electron chi connectivity index (χ2n) is 6.70. The van der Waals surface area contributed by atoms with Crippen molar-refractivity contribution in [2.45, 2.75) is 36.3 Å². The molecule has 0 bridgehead atoms. The molecule has 0 radical (unpaired) electrons. The summed E-state index contributed by atoms with van der Waals surface area (Å²) in [5, 5.41) is 5.63. The van der Waals surface area contributed by atoms with Gasteiger partial charge in [0, 0.05) is 17.0 Å². The van der Waals surface area contributed by atoms with Crippen LogP contribution >= 0.6 is 24.0 Å². The minimum atomic E-state index is -0.484. The van der Waals surface area contributed by atoms with E-state index < -0.39 is 5.25 Å². The van der Waals surface area contributed by atoms with E-state index in [2.05, 4.69) is 35.3 Å². The van der Waals surface area contributed by atoms with Crippen LogP contribution in [0.5, 0.6) is 0 Å². The maximum Gasteiger partial charge on any atom is 0.240 e. The fourth-order valence-corrected chi connectivity index (χ4v) is 3.97. The highest BCUT2D eigenvalue weighted by Crippen LogP contribution is 2.36. The van der Waals surface area contributed by atoms with Crippen molar-refractivity contribution in [3.63, 3.8) is 0 Å². The predicted molar refractivity (Wildman–Crippen MR) is 117 cm³/mol. The van der Waals surface area contributed by atoms with E-state index in [-0.39, 0.29) is 23.3 Å². The summed E-state index contributed by atoms with van der Waals surface area (Å²) >= 11 is 6.58. The summed E-state index contributed by atoms with van der Waals surface area (Å²) in [6.07, 6.45) is 0.0452. The van der Waals surface area contributed by atoms with E-state index in [1.807, 2.05) is 48.5 Å². The number of hydrazine groups is 1. The second-order valence-corrected chi connectivity index (χ2v) is 8.35. The molecule has 0 aliphatic carbocycles. The van der Waals surface area contributed by atoms with Crippen molar-refractivity contribution in [1.82, 2.24) is 10.9 Å². The van der Waals surface area contributed by atoms with Crippen LogP contribution in [0.4, 0.5) is 11.4 Å². The van der Waals surface area contributed by atoms with Crippen LogP contribution in [-0.2, 0) is 9.59 Å². The van der Waals surface area contributed by atoms with Crippen molar-refractivity contribution in [3.05, 3.63) is 54.1 Å².